The van der Waals surface area contributed by atoms with Crippen LogP contribution in [0.5, 0.6) is 0 Å². The molecule has 0 bridgehead atoms. The quantitative estimate of drug-likeness (QED) is 0.908. The van der Waals surface area contributed by atoms with Crippen molar-refractivity contribution in [1.29, 1.82) is 0 Å². The molecule has 0 aliphatic carbocycles. The lowest BCUT2D eigenvalue weighted by Crippen LogP contribution is -2.48. The number of nitrogens with two attached hydrogens (primary N) is 1. The third-order valence-corrected chi connectivity index (χ3v) is 5.78. The van der Waals surface area contributed by atoms with Crippen LogP contribution in [0.3, 0.4) is 0 Å². The summed E-state index contributed by atoms with van der Waals surface area (Å²) in [6.07, 6.45) is 1.01. The van der Waals surface area contributed by atoms with E-state index in [0.29, 0.717) is 18.5 Å². The van der Waals surface area contributed by atoms with Crippen molar-refractivity contribution in [2.45, 2.75) is 39.3 Å². The zero-order valence-corrected chi connectivity index (χ0v) is 15.8. The predicted molar refractivity (Wildman–Crippen MR) is 103 cm³/mol. The molecule has 5 heteroatoms. The van der Waals surface area contributed by atoms with Gasteiger partial charge in [0, 0.05) is 56.1 Å². The van der Waals surface area contributed by atoms with E-state index in [1.165, 1.54) is 5.69 Å². The van der Waals surface area contributed by atoms with Crippen molar-refractivity contribution in [2.24, 2.45) is 11.7 Å². The predicted octanol–water partition coefficient (Wildman–Crippen LogP) is 2.03. The fourth-order valence-electron chi connectivity index (χ4n) is 4.07. The second-order valence-corrected chi connectivity index (χ2v) is 7.81. The van der Waals surface area contributed by atoms with E-state index in [2.05, 4.69) is 42.7 Å². The number of nitrogens with zero attached hydrogens (tertiary/aromatic N) is 3. The lowest BCUT2D eigenvalue weighted by Gasteiger charge is -2.38. The van der Waals surface area contributed by atoms with Crippen LogP contribution >= 0.6 is 0 Å². The van der Waals surface area contributed by atoms with Crippen molar-refractivity contribution in [1.82, 2.24) is 9.80 Å². The van der Waals surface area contributed by atoms with Gasteiger partial charge in [0.05, 0.1) is 0 Å². The van der Waals surface area contributed by atoms with Crippen molar-refractivity contribution < 1.29 is 4.79 Å². The standard InChI is InChI=1S/C20H32N4O/c1-15(2)22-8-10-23(11-9-22)19-6-4-18(5-7-19)20(25)24-14-17(13-21)12-16(24)3/h4-7,15-17H,8-14,21H2,1-3H3. The summed E-state index contributed by atoms with van der Waals surface area (Å²) >= 11 is 0. The molecule has 2 N–H and O–H groups in total. The van der Waals surface area contributed by atoms with E-state index >= 15 is 0 Å². The molecule has 5 nitrogen and oxygen atoms in total. The fraction of sp³-hybridized carbons (Fsp3) is 0.650. The molecule has 0 aromatic heterocycles. The van der Waals surface area contributed by atoms with Crippen molar-refractivity contribution in [3.05, 3.63) is 29.8 Å². The van der Waals surface area contributed by atoms with Gasteiger partial charge in [0.15, 0.2) is 0 Å². The summed E-state index contributed by atoms with van der Waals surface area (Å²) in [4.78, 5) is 19.7. The minimum absolute atomic E-state index is 0.139. The molecule has 2 unspecified atom stereocenters. The first-order valence-electron chi connectivity index (χ1n) is 9.59. The zero-order chi connectivity index (χ0) is 18.0. The van der Waals surface area contributed by atoms with Gasteiger partial charge in [-0.3, -0.25) is 9.69 Å². The van der Waals surface area contributed by atoms with Gasteiger partial charge in [-0.25, -0.2) is 0 Å². The monoisotopic (exact) mass is 344 g/mol. The molecule has 2 saturated heterocycles. The Labute approximate surface area is 151 Å². The largest absolute Gasteiger partial charge is 0.369 e. The van der Waals surface area contributed by atoms with Crippen LogP contribution in [-0.4, -0.2) is 67.1 Å². The van der Waals surface area contributed by atoms with Gasteiger partial charge in [-0.05, 0) is 63.9 Å². The third-order valence-electron chi connectivity index (χ3n) is 5.78. The van der Waals surface area contributed by atoms with Crippen LogP contribution in [0.15, 0.2) is 24.3 Å². The number of hydrogen-bond donors (Lipinski definition) is 1. The molecule has 138 valence electrons. The number of carbonyl (C=O) groups is 1. The Morgan fingerprint density at radius 2 is 1.80 bits per heavy atom. The summed E-state index contributed by atoms with van der Waals surface area (Å²) in [6, 6.07) is 9.05. The van der Waals surface area contributed by atoms with E-state index in [0.717, 1.165) is 44.7 Å². The van der Waals surface area contributed by atoms with Gasteiger partial charge in [-0.2, -0.15) is 0 Å². The van der Waals surface area contributed by atoms with Gasteiger partial charge < -0.3 is 15.5 Å². The van der Waals surface area contributed by atoms with Gasteiger partial charge in [0.2, 0.25) is 0 Å². The summed E-state index contributed by atoms with van der Waals surface area (Å²) in [5.74, 6) is 0.579. The molecule has 1 aromatic carbocycles. The normalized spacial score (nSPS) is 25.0. The van der Waals surface area contributed by atoms with Gasteiger partial charge >= 0.3 is 0 Å². The Kier molecular flexibility index (Phi) is 5.64. The first-order valence-corrected chi connectivity index (χ1v) is 9.59. The van der Waals surface area contributed by atoms with Crippen LogP contribution in [0.4, 0.5) is 5.69 Å². The van der Waals surface area contributed by atoms with E-state index < -0.39 is 0 Å². The van der Waals surface area contributed by atoms with Crippen molar-refractivity contribution in [3.63, 3.8) is 0 Å². The summed E-state index contributed by atoms with van der Waals surface area (Å²) in [5.41, 5.74) is 7.78. The summed E-state index contributed by atoms with van der Waals surface area (Å²) in [7, 11) is 0. The molecular weight excluding hydrogens is 312 g/mol. The second kappa shape index (κ2) is 7.75. The first-order chi connectivity index (χ1) is 12.0. The maximum atomic E-state index is 12.8. The summed E-state index contributed by atoms with van der Waals surface area (Å²) < 4.78 is 0. The van der Waals surface area contributed by atoms with Gasteiger partial charge in [-0.15, -0.1) is 0 Å². The number of amides is 1. The molecule has 1 amide bonds. The molecule has 0 radical (unpaired) electrons. The van der Waals surface area contributed by atoms with Crippen LogP contribution in [0.1, 0.15) is 37.6 Å². The topological polar surface area (TPSA) is 52.8 Å². The fourth-order valence-corrected chi connectivity index (χ4v) is 4.07. The Balaban J connectivity index is 1.62. The highest BCUT2D eigenvalue weighted by molar-refractivity contribution is 5.95. The van der Waals surface area contributed by atoms with Crippen molar-refractivity contribution in [3.8, 4) is 0 Å². The van der Waals surface area contributed by atoms with Crippen LogP contribution in [0.25, 0.3) is 0 Å². The van der Waals surface area contributed by atoms with Crippen molar-refractivity contribution in [2.75, 3.05) is 44.2 Å². The minimum atomic E-state index is 0.139. The minimum Gasteiger partial charge on any atom is -0.369 e. The van der Waals surface area contributed by atoms with E-state index in [1.54, 1.807) is 0 Å². The molecule has 2 aliphatic rings. The number of rotatable bonds is 4. The zero-order valence-electron chi connectivity index (χ0n) is 15.8. The maximum absolute atomic E-state index is 12.8. The van der Waals surface area contributed by atoms with Gasteiger partial charge in [-0.1, -0.05) is 0 Å². The van der Waals surface area contributed by atoms with Gasteiger partial charge in [0.25, 0.3) is 5.91 Å². The SMILES string of the molecule is CC(C)N1CCN(c2ccc(C(=O)N3CC(CN)CC3C)cc2)CC1. The molecule has 2 atom stereocenters. The molecular formula is C20H32N4O. The summed E-state index contributed by atoms with van der Waals surface area (Å²) in [5, 5.41) is 0. The van der Waals surface area contributed by atoms with Crippen LogP contribution in [-0.2, 0) is 0 Å². The number of benzene rings is 1. The second-order valence-electron chi connectivity index (χ2n) is 7.81. The molecule has 0 spiro atoms. The highest BCUT2D eigenvalue weighted by Gasteiger charge is 2.32. The molecule has 25 heavy (non-hydrogen) atoms. The average molecular weight is 345 g/mol. The molecule has 0 saturated carbocycles. The van der Waals surface area contributed by atoms with Gasteiger partial charge in [0.1, 0.15) is 0 Å². The summed E-state index contributed by atoms with van der Waals surface area (Å²) in [6.45, 7) is 12.4. The highest BCUT2D eigenvalue weighted by atomic mass is 16.2. The molecule has 2 heterocycles. The van der Waals surface area contributed by atoms with Crippen LogP contribution in [0, 0.1) is 5.92 Å². The number of hydrogen-bond acceptors (Lipinski definition) is 4. The highest BCUT2D eigenvalue weighted by Crippen LogP contribution is 2.25. The van der Waals surface area contributed by atoms with Crippen LogP contribution in [0.2, 0.25) is 0 Å². The first kappa shape index (κ1) is 18.2. The Hall–Kier alpha value is -1.59. The molecule has 2 fully saturated rings. The smallest absolute Gasteiger partial charge is 0.254 e. The number of piperazine rings is 1. The van der Waals surface area contributed by atoms with Crippen molar-refractivity contribution >= 4 is 11.6 Å². The Bertz CT molecular complexity index is 578. The Morgan fingerprint density at radius 1 is 1.16 bits per heavy atom. The number of anilines is 1. The molecule has 1 aromatic rings. The lowest BCUT2D eigenvalue weighted by atomic mass is 10.1. The molecule has 2 aliphatic heterocycles. The third kappa shape index (κ3) is 3.98. The average Bonchev–Trinajstić information content (AvgIpc) is 3.02. The number of carbonyl (C=O) groups excluding carboxylic acids is 1. The maximum Gasteiger partial charge on any atom is 0.254 e. The molecule has 3 rings (SSSR count). The Morgan fingerprint density at radius 3 is 2.32 bits per heavy atom. The number of likely N-dealkylation sites (tertiary alicyclic amines) is 1. The van der Waals surface area contributed by atoms with E-state index in [9.17, 15) is 4.79 Å². The lowest BCUT2D eigenvalue weighted by molar-refractivity contribution is 0.0743. The van der Waals surface area contributed by atoms with Crippen LogP contribution < -0.4 is 10.6 Å². The van der Waals surface area contributed by atoms with E-state index in [4.69, 9.17) is 5.73 Å². The van der Waals surface area contributed by atoms with E-state index in [1.807, 2.05) is 17.0 Å². The van der Waals surface area contributed by atoms with E-state index in [-0.39, 0.29) is 11.9 Å².